The number of aromatic nitrogens is 4. The second-order valence-corrected chi connectivity index (χ2v) is 10.2. The van der Waals surface area contributed by atoms with E-state index in [9.17, 15) is 0 Å². The molecule has 0 spiro atoms. The molecule has 0 amide bonds. The van der Waals surface area contributed by atoms with Crippen LogP contribution < -0.4 is 24.5 Å². The van der Waals surface area contributed by atoms with E-state index in [1.165, 1.54) is 12.8 Å². The van der Waals surface area contributed by atoms with Gasteiger partial charge in [-0.1, -0.05) is 34.2 Å². The van der Waals surface area contributed by atoms with E-state index >= 15 is 0 Å². The maximum atomic E-state index is 6.30. The third-order valence-electron chi connectivity index (χ3n) is 7.08. The minimum absolute atomic E-state index is 0.240. The second-order valence-electron chi connectivity index (χ2n) is 10.2. The molecule has 2 aromatic carbocycles. The molecule has 9 nitrogen and oxygen atoms in total. The molecule has 5 rings (SSSR count). The molecule has 1 aliphatic rings. The van der Waals surface area contributed by atoms with Crippen molar-refractivity contribution in [3.05, 3.63) is 65.7 Å². The highest BCUT2D eigenvalue weighted by atomic mass is 16.5. The van der Waals surface area contributed by atoms with Crippen molar-refractivity contribution in [3.63, 3.8) is 0 Å². The van der Waals surface area contributed by atoms with Crippen LogP contribution in [0.4, 0.5) is 5.82 Å². The summed E-state index contributed by atoms with van der Waals surface area (Å²) in [5, 5.41) is 0. The molecule has 2 heterocycles. The number of H-pyrrole nitrogens is 1. The molecule has 200 valence electrons. The van der Waals surface area contributed by atoms with Crippen LogP contribution in [0.5, 0.6) is 17.2 Å². The average Bonchev–Trinajstić information content (AvgIpc) is 3.61. The lowest BCUT2D eigenvalue weighted by Gasteiger charge is -2.21. The summed E-state index contributed by atoms with van der Waals surface area (Å²) in [5.74, 6) is 3.34. The number of anilines is 1. The highest BCUT2D eigenvalue weighted by Crippen LogP contribution is 2.33. The summed E-state index contributed by atoms with van der Waals surface area (Å²) in [7, 11) is 3.33. The Labute approximate surface area is 222 Å². The normalized spacial score (nSPS) is 14.2. The number of imidazole rings is 1. The molecular weight excluding hydrogens is 482 g/mol. The largest absolute Gasteiger partial charge is 0.496 e. The van der Waals surface area contributed by atoms with Gasteiger partial charge in [0.15, 0.2) is 17.0 Å². The monoisotopic (exact) mass is 518 g/mol. The van der Waals surface area contributed by atoms with Gasteiger partial charge in [0.1, 0.15) is 11.4 Å². The number of para-hydroxylation sites is 1. The van der Waals surface area contributed by atoms with E-state index in [1.54, 1.807) is 20.5 Å². The highest BCUT2D eigenvalue weighted by Gasteiger charge is 2.31. The molecule has 0 radical (unpaired) electrons. The number of rotatable bonds is 10. The van der Waals surface area contributed by atoms with E-state index in [0.29, 0.717) is 36.0 Å². The minimum atomic E-state index is -0.716. The smallest absolute Gasteiger partial charge is 0.294 e. The fraction of sp³-hybridized carbons (Fsp3) is 0.414. The van der Waals surface area contributed by atoms with E-state index in [4.69, 9.17) is 29.7 Å². The van der Waals surface area contributed by atoms with E-state index < -0.39 is 5.60 Å². The predicted octanol–water partition coefficient (Wildman–Crippen LogP) is 4.67. The van der Waals surface area contributed by atoms with Crippen LogP contribution in [-0.4, -0.2) is 35.3 Å². The Kier molecular flexibility index (Phi) is 7.37. The van der Waals surface area contributed by atoms with Crippen LogP contribution >= 0.6 is 0 Å². The van der Waals surface area contributed by atoms with Crippen LogP contribution in [0.2, 0.25) is 0 Å². The van der Waals surface area contributed by atoms with E-state index in [-0.39, 0.29) is 6.10 Å². The van der Waals surface area contributed by atoms with Gasteiger partial charge in [0.2, 0.25) is 18.0 Å². The summed E-state index contributed by atoms with van der Waals surface area (Å²) in [6, 6.07) is 13.8. The van der Waals surface area contributed by atoms with Gasteiger partial charge < -0.3 is 29.7 Å². The zero-order valence-electron chi connectivity index (χ0n) is 22.5. The van der Waals surface area contributed by atoms with E-state index in [1.807, 2.05) is 60.9 Å². The number of hydrogen-bond acceptors (Lipinski definition) is 7. The highest BCUT2D eigenvalue weighted by molar-refractivity contribution is 5.79. The summed E-state index contributed by atoms with van der Waals surface area (Å²) in [5.41, 5.74) is 8.92. The Hall–Kier alpha value is -3.85. The summed E-state index contributed by atoms with van der Waals surface area (Å²) >= 11 is 0. The Balaban J connectivity index is 1.40. The molecule has 3 N–H and O–H groups in total. The van der Waals surface area contributed by atoms with Crippen LogP contribution in [0.25, 0.3) is 11.2 Å². The van der Waals surface area contributed by atoms with Gasteiger partial charge in [-0.2, -0.15) is 0 Å². The first-order chi connectivity index (χ1) is 18.4. The van der Waals surface area contributed by atoms with Crippen molar-refractivity contribution in [3.8, 4) is 17.2 Å². The third-order valence-corrected chi connectivity index (χ3v) is 7.08. The number of nitrogens with zero attached hydrogens (tertiary/aromatic N) is 3. The first kappa shape index (κ1) is 25.8. The van der Waals surface area contributed by atoms with Crippen LogP contribution in [0, 0.1) is 0 Å². The molecule has 0 aliphatic heterocycles. The topological polar surface area (TPSA) is 108 Å². The summed E-state index contributed by atoms with van der Waals surface area (Å²) in [6.45, 7) is 4.87. The van der Waals surface area contributed by atoms with Gasteiger partial charge in [0, 0.05) is 5.56 Å². The van der Waals surface area contributed by atoms with Crippen LogP contribution in [0.3, 0.4) is 0 Å². The molecule has 4 aromatic rings. The molecule has 2 aromatic heterocycles. The van der Waals surface area contributed by atoms with Gasteiger partial charge in [-0.25, -0.2) is 4.57 Å². The molecule has 1 saturated carbocycles. The summed E-state index contributed by atoms with van der Waals surface area (Å²) < 4.78 is 25.6. The van der Waals surface area contributed by atoms with Crippen LogP contribution in [-0.2, 0) is 23.5 Å². The van der Waals surface area contributed by atoms with Gasteiger partial charge in [0.25, 0.3) is 5.65 Å². The average molecular weight is 519 g/mol. The van der Waals surface area contributed by atoms with Crippen molar-refractivity contribution in [1.82, 2.24) is 15.0 Å². The standard InChI is InChI=1S/C29H35N5O4/c1-29(2,37-17-20-9-5-8-12-22(20)35-3)28-32-25-26(30)31-18-34(27(25)33-28)16-19-13-14-23(36-4)24(15-19)38-21-10-6-7-11-21/h5,8-9,12-15,18,21H,6-7,10-11,16-17H2,1-4H3,(H2,30,32,33)/p+1. The number of fused-ring (bicyclic) bond motifs is 1. The van der Waals surface area contributed by atoms with E-state index in [2.05, 4.69) is 9.97 Å². The Morgan fingerprint density at radius 2 is 1.79 bits per heavy atom. The molecule has 1 aliphatic carbocycles. The molecule has 0 atom stereocenters. The van der Waals surface area contributed by atoms with Gasteiger partial charge in [0.05, 0.1) is 33.5 Å². The lowest BCUT2D eigenvalue weighted by molar-refractivity contribution is -0.667. The lowest BCUT2D eigenvalue weighted by Crippen LogP contribution is -2.36. The van der Waals surface area contributed by atoms with Crippen LogP contribution in [0.15, 0.2) is 48.8 Å². The number of aromatic amines is 1. The van der Waals surface area contributed by atoms with E-state index in [0.717, 1.165) is 41.2 Å². The maximum Gasteiger partial charge on any atom is 0.294 e. The zero-order valence-corrected chi connectivity index (χ0v) is 22.5. The number of methoxy groups -OCH3 is 2. The molecule has 1 fully saturated rings. The molecule has 38 heavy (non-hydrogen) atoms. The minimum Gasteiger partial charge on any atom is -0.496 e. The van der Waals surface area contributed by atoms with Gasteiger partial charge >= 0.3 is 0 Å². The zero-order chi connectivity index (χ0) is 26.7. The van der Waals surface area contributed by atoms with Gasteiger partial charge in [-0.05, 0) is 63.3 Å². The SMILES string of the molecule is COc1ccccc1COC(C)(C)c1nc2c([nH]1)c(N)nc[n+]2Cc1ccc(OC)c(OC2CCCC2)c1. The Morgan fingerprint density at radius 1 is 1.03 bits per heavy atom. The van der Waals surface area contributed by atoms with Crippen molar-refractivity contribution >= 4 is 17.0 Å². The number of nitrogens with one attached hydrogen (secondary N) is 1. The van der Waals surface area contributed by atoms with Gasteiger partial charge in [-0.15, -0.1) is 0 Å². The fourth-order valence-corrected chi connectivity index (χ4v) is 4.85. The third kappa shape index (κ3) is 5.38. The number of nitrogens with two attached hydrogens (primary N) is 1. The molecule has 0 saturated heterocycles. The lowest BCUT2D eigenvalue weighted by atomic mass is 10.1. The van der Waals surface area contributed by atoms with Crippen molar-refractivity contribution in [2.24, 2.45) is 0 Å². The number of ether oxygens (including phenoxy) is 4. The molecular formula is C29H36N5O4+. The maximum absolute atomic E-state index is 6.30. The molecule has 0 bridgehead atoms. The Morgan fingerprint density at radius 3 is 2.55 bits per heavy atom. The fourth-order valence-electron chi connectivity index (χ4n) is 4.85. The number of hydrogen-bond donors (Lipinski definition) is 2. The predicted molar refractivity (Wildman–Crippen MR) is 144 cm³/mol. The Bertz CT molecular complexity index is 1410. The van der Waals surface area contributed by atoms with Crippen molar-refractivity contribution in [2.45, 2.75) is 64.4 Å². The number of nitrogen functional groups attached to an aromatic ring is 1. The quantitative estimate of drug-likeness (QED) is 0.294. The number of benzene rings is 2. The molecule has 9 heteroatoms. The second kappa shape index (κ2) is 10.9. The molecule has 0 unspecified atom stereocenters. The first-order valence-electron chi connectivity index (χ1n) is 13.0. The van der Waals surface area contributed by atoms with Crippen molar-refractivity contribution in [1.29, 1.82) is 0 Å². The van der Waals surface area contributed by atoms with Crippen molar-refractivity contribution < 1.29 is 23.5 Å². The first-order valence-corrected chi connectivity index (χ1v) is 13.0. The van der Waals surface area contributed by atoms with Gasteiger partial charge in [-0.3, -0.25) is 0 Å². The summed E-state index contributed by atoms with van der Waals surface area (Å²) in [4.78, 5) is 12.7. The summed E-state index contributed by atoms with van der Waals surface area (Å²) in [6.07, 6.45) is 6.53. The van der Waals surface area contributed by atoms with Crippen molar-refractivity contribution in [2.75, 3.05) is 20.0 Å². The van der Waals surface area contributed by atoms with Crippen LogP contribution in [0.1, 0.15) is 56.5 Å².